The lowest BCUT2D eigenvalue weighted by atomic mass is 10.0. The van der Waals surface area contributed by atoms with E-state index in [0.29, 0.717) is 52.7 Å². The van der Waals surface area contributed by atoms with Gasteiger partial charge in [0.05, 0.1) is 37.6 Å². The summed E-state index contributed by atoms with van der Waals surface area (Å²) in [5, 5.41) is 0. The van der Waals surface area contributed by atoms with E-state index in [1.807, 2.05) is 0 Å². The lowest BCUT2D eigenvalue weighted by Gasteiger charge is -2.28. The topological polar surface area (TPSA) is 84.5 Å². The molecule has 154 valence electrons. The Labute approximate surface area is 172 Å². The fourth-order valence-electron chi connectivity index (χ4n) is 3.52. The molecule has 0 aliphatic carbocycles. The van der Waals surface area contributed by atoms with Crippen LogP contribution >= 0.6 is 0 Å². The molecule has 0 spiro atoms. The maximum atomic E-state index is 13.5. The van der Waals surface area contributed by atoms with Gasteiger partial charge in [-0.2, -0.15) is 0 Å². The quantitative estimate of drug-likeness (QED) is 0.716. The first-order chi connectivity index (χ1) is 14.5. The van der Waals surface area contributed by atoms with E-state index < -0.39 is 5.82 Å². The maximum Gasteiger partial charge on any atom is 0.257 e. The number of methoxy groups -OCH3 is 2. The predicted molar refractivity (Wildman–Crippen MR) is 108 cm³/mol. The van der Waals surface area contributed by atoms with E-state index in [4.69, 9.17) is 9.47 Å². The number of hydrogen-bond donors (Lipinski definition) is 1. The van der Waals surface area contributed by atoms with E-state index in [2.05, 4.69) is 9.97 Å². The van der Waals surface area contributed by atoms with Crippen LogP contribution in [0.15, 0.2) is 47.3 Å². The Bertz CT molecular complexity index is 1180. The third kappa shape index (κ3) is 3.63. The molecule has 0 fully saturated rings. The van der Waals surface area contributed by atoms with Gasteiger partial charge in [0.2, 0.25) is 0 Å². The Kier molecular flexibility index (Phi) is 5.22. The number of nitrogens with one attached hydrogen (secondary N) is 1. The number of amides is 1. The highest BCUT2D eigenvalue weighted by Crippen LogP contribution is 2.27. The highest BCUT2D eigenvalue weighted by atomic mass is 19.1. The minimum Gasteiger partial charge on any atom is -0.497 e. The van der Waals surface area contributed by atoms with Crippen LogP contribution in [0.2, 0.25) is 0 Å². The molecular weight excluding hydrogens is 389 g/mol. The number of aromatic amines is 1. The Morgan fingerprint density at radius 2 is 2.00 bits per heavy atom. The third-order valence-electron chi connectivity index (χ3n) is 5.09. The molecule has 0 radical (unpaired) electrons. The molecule has 1 aliphatic heterocycles. The number of hydrogen-bond acceptors (Lipinski definition) is 5. The summed E-state index contributed by atoms with van der Waals surface area (Å²) in [4.78, 5) is 34.5. The molecule has 3 aromatic rings. The number of nitrogens with zero attached hydrogens (tertiary/aromatic N) is 2. The highest BCUT2D eigenvalue weighted by Gasteiger charge is 2.27. The first-order valence-electron chi connectivity index (χ1n) is 9.39. The lowest BCUT2D eigenvalue weighted by Crippen LogP contribution is -2.39. The molecule has 1 N–H and O–H groups in total. The molecule has 30 heavy (non-hydrogen) atoms. The van der Waals surface area contributed by atoms with Crippen molar-refractivity contribution in [2.45, 2.75) is 13.0 Å². The fraction of sp³-hybridized carbons (Fsp3) is 0.227. The van der Waals surface area contributed by atoms with Gasteiger partial charge in [-0.05, 0) is 24.3 Å². The van der Waals surface area contributed by atoms with Crippen molar-refractivity contribution in [2.75, 3.05) is 20.8 Å². The third-order valence-corrected chi connectivity index (χ3v) is 5.09. The fourth-order valence-corrected chi connectivity index (χ4v) is 3.52. The lowest BCUT2D eigenvalue weighted by molar-refractivity contribution is 0.0729. The largest absolute Gasteiger partial charge is 0.497 e. The molecule has 7 nitrogen and oxygen atoms in total. The van der Waals surface area contributed by atoms with Crippen LogP contribution in [0.1, 0.15) is 21.6 Å². The molecule has 0 saturated heterocycles. The van der Waals surface area contributed by atoms with Gasteiger partial charge in [0, 0.05) is 24.6 Å². The Morgan fingerprint density at radius 3 is 2.73 bits per heavy atom. The predicted octanol–water partition coefficient (Wildman–Crippen LogP) is 2.79. The average molecular weight is 409 g/mol. The van der Waals surface area contributed by atoms with Gasteiger partial charge in [-0.3, -0.25) is 9.59 Å². The van der Waals surface area contributed by atoms with E-state index >= 15 is 0 Å². The normalized spacial score (nSPS) is 13.0. The van der Waals surface area contributed by atoms with E-state index in [0.717, 1.165) is 0 Å². The molecule has 0 atom stereocenters. The highest BCUT2D eigenvalue weighted by molar-refractivity contribution is 5.97. The second-order valence-electron chi connectivity index (χ2n) is 6.89. The van der Waals surface area contributed by atoms with Gasteiger partial charge >= 0.3 is 0 Å². The van der Waals surface area contributed by atoms with Crippen LogP contribution in [-0.4, -0.2) is 41.5 Å². The van der Waals surface area contributed by atoms with Crippen LogP contribution in [0.25, 0.3) is 11.4 Å². The number of carbonyl (C=O) groups is 1. The van der Waals surface area contributed by atoms with Crippen LogP contribution in [0.4, 0.5) is 4.39 Å². The molecular formula is C22H20FN3O4. The van der Waals surface area contributed by atoms with E-state index in [9.17, 15) is 14.0 Å². The van der Waals surface area contributed by atoms with Gasteiger partial charge in [0.1, 0.15) is 23.1 Å². The van der Waals surface area contributed by atoms with Crippen molar-refractivity contribution in [3.05, 3.63) is 75.5 Å². The molecule has 4 rings (SSSR count). The number of ether oxygens (including phenoxy) is 2. The van der Waals surface area contributed by atoms with Crippen molar-refractivity contribution in [2.24, 2.45) is 0 Å². The Hall–Kier alpha value is -3.68. The number of fused-ring (bicyclic) bond motifs is 1. The van der Waals surface area contributed by atoms with Crippen molar-refractivity contribution in [1.82, 2.24) is 14.9 Å². The molecule has 0 unspecified atom stereocenters. The number of aromatic nitrogens is 2. The van der Waals surface area contributed by atoms with Gasteiger partial charge in [0.15, 0.2) is 0 Å². The SMILES string of the molecule is COc1ccc(C(=O)N2CCc3nc(-c4cccc(F)c4)[nH]c(=O)c3C2)c(OC)c1. The molecule has 1 aromatic heterocycles. The molecule has 1 amide bonds. The van der Waals surface area contributed by atoms with Gasteiger partial charge < -0.3 is 19.4 Å². The molecule has 1 aliphatic rings. The monoisotopic (exact) mass is 409 g/mol. The smallest absolute Gasteiger partial charge is 0.257 e. The molecule has 2 aromatic carbocycles. The number of H-pyrrole nitrogens is 1. The summed E-state index contributed by atoms with van der Waals surface area (Å²) in [6, 6.07) is 10.9. The summed E-state index contributed by atoms with van der Waals surface area (Å²) >= 11 is 0. The van der Waals surface area contributed by atoms with Crippen LogP contribution in [0, 0.1) is 5.82 Å². The molecule has 2 heterocycles. The number of halogens is 1. The number of carbonyl (C=O) groups excluding carboxylic acids is 1. The van der Waals surface area contributed by atoms with Crippen LogP contribution in [-0.2, 0) is 13.0 Å². The zero-order chi connectivity index (χ0) is 21.3. The van der Waals surface area contributed by atoms with Crippen LogP contribution in [0.5, 0.6) is 11.5 Å². The first-order valence-corrected chi connectivity index (χ1v) is 9.39. The van der Waals surface area contributed by atoms with Crippen LogP contribution in [0.3, 0.4) is 0 Å². The van der Waals surface area contributed by atoms with Gasteiger partial charge in [0.25, 0.3) is 11.5 Å². The molecule has 0 saturated carbocycles. The summed E-state index contributed by atoms with van der Waals surface area (Å²) in [7, 11) is 3.02. The first kappa shape index (κ1) is 19.6. The summed E-state index contributed by atoms with van der Waals surface area (Å²) < 4.78 is 24.0. The molecule has 8 heteroatoms. The van der Waals surface area contributed by atoms with Gasteiger partial charge in [-0.15, -0.1) is 0 Å². The van der Waals surface area contributed by atoms with Crippen molar-refractivity contribution in [3.63, 3.8) is 0 Å². The zero-order valence-corrected chi connectivity index (χ0v) is 16.6. The summed E-state index contributed by atoms with van der Waals surface area (Å²) in [5.41, 5.74) is 1.60. The van der Waals surface area contributed by atoms with E-state index in [-0.39, 0.29) is 18.0 Å². The second-order valence-corrected chi connectivity index (χ2v) is 6.89. The van der Waals surface area contributed by atoms with E-state index in [1.165, 1.54) is 26.4 Å². The van der Waals surface area contributed by atoms with Crippen LogP contribution < -0.4 is 15.0 Å². The summed E-state index contributed by atoms with van der Waals surface area (Å²) in [6.45, 7) is 0.537. The van der Waals surface area contributed by atoms with Crippen molar-refractivity contribution in [3.8, 4) is 22.9 Å². The minimum absolute atomic E-state index is 0.134. The number of rotatable bonds is 4. The summed E-state index contributed by atoms with van der Waals surface area (Å²) in [5.74, 6) is 0.651. The van der Waals surface area contributed by atoms with Crippen molar-refractivity contribution in [1.29, 1.82) is 0 Å². The minimum atomic E-state index is -0.405. The van der Waals surface area contributed by atoms with Crippen molar-refractivity contribution >= 4 is 5.91 Å². The van der Waals surface area contributed by atoms with E-state index in [1.54, 1.807) is 35.2 Å². The average Bonchev–Trinajstić information content (AvgIpc) is 2.77. The summed E-state index contributed by atoms with van der Waals surface area (Å²) in [6.07, 6.45) is 0.422. The van der Waals surface area contributed by atoms with Crippen molar-refractivity contribution < 1.29 is 18.7 Å². The number of benzene rings is 2. The second kappa shape index (κ2) is 7.98. The Balaban J connectivity index is 1.63. The molecule has 0 bridgehead atoms. The van der Waals surface area contributed by atoms with Gasteiger partial charge in [-0.1, -0.05) is 12.1 Å². The van der Waals surface area contributed by atoms with Gasteiger partial charge in [-0.25, -0.2) is 9.37 Å². The standard InChI is InChI=1S/C22H20FN3O4/c1-29-15-6-7-16(19(11-15)30-2)22(28)26-9-8-18-17(12-26)21(27)25-20(24-18)13-4-3-5-14(23)10-13/h3-7,10-11H,8-9,12H2,1-2H3,(H,24,25,27). The Morgan fingerprint density at radius 1 is 1.17 bits per heavy atom. The zero-order valence-electron chi connectivity index (χ0n) is 16.6. The maximum absolute atomic E-state index is 13.5.